The van der Waals surface area contributed by atoms with Gasteiger partial charge in [0.2, 0.25) is 0 Å². The van der Waals surface area contributed by atoms with Gasteiger partial charge in [-0.05, 0) is 61.6 Å². The Balaban J connectivity index is 1.93. The van der Waals surface area contributed by atoms with Crippen molar-refractivity contribution in [2.75, 3.05) is 12.9 Å². The number of allylic oxidation sites excluding steroid dienone is 1. The van der Waals surface area contributed by atoms with Crippen LogP contribution in [0.3, 0.4) is 0 Å². The summed E-state index contributed by atoms with van der Waals surface area (Å²) in [6.07, 6.45) is 3.82. The lowest BCUT2D eigenvalue weighted by Gasteiger charge is -2.24. The Bertz CT molecular complexity index is 1370. The average molecular weight is 485 g/mol. The first-order valence-corrected chi connectivity index (χ1v) is 12.4. The number of hydrogen-bond donors (Lipinski definition) is 0. The minimum Gasteiger partial charge on any atom is -0.463 e. The predicted octanol–water partition coefficient (Wildman–Crippen LogP) is 4.17. The fraction of sp³-hybridized carbons (Fsp3) is 0.208. The molecule has 0 spiro atoms. The number of thioether (sulfide) groups is 1. The lowest BCUT2D eigenvalue weighted by Crippen LogP contribution is -2.39. The van der Waals surface area contributed by atoms with Crippen LogP contribution in [0.4, 0.5) is 0 Å². The average Bonchev–Trinajstić information content (AvgIpc) is 3.09. The molecule has 2 aromatic carbocycles. The monoisotopic (exact) mass is 484 g/mol. The number of carbonyl (C=O) groups excluding carboxylic acids is 1. The number of fused-ring (bicyclic) bond motifs is 1. The van der Waals surface area contributed by atoms with Crippen LogP contribution < -0.4 is 14.9 Å². The van der Waals surface area contributed by atoms with Crippen molar-refractivity contribution >= 4 is 46.7 Å². The van der Waals surface area contributed by atoms with Gasteiger partial charge in [0.05, 0.1) is 28.5 Å². The van der Waals surface area contributed by atoms with Crippen molar-refractivity contribution in [3.8, 4) is 0 Å². The molecule has 4 rings (SSSR count). The van der Waals surface area contributed by atoms with E-state index in [1.54, 1.807) is 42.3 Å². The lowest BCUT2D eigenvalue weighted by atomic mass is 9.96. The minimum atomic E-state index is -0.603. The van der Waals surface area contributed by atoms with Crippen LogP contribution in [0.5, 0.6) is 0 Å². The zero-order valence-corrected chi connectivity index (χ0v) is 20.2. The summed E-state index contributed by atoms with van der Waals surface area (Å²) < 4.78 is 7.46. The van der Waals surface area contributed by atoms with Gasteiger partial charge in [-0.3, -0.25) is 9.36 Å². The number of esters is 1. The molecular weight excluding hydrogens is 464 g/mol. The smallest absolute Gasteiger partial charge is 0.338 e. The van der Waals surface area contributed by atoms with E-state index in [0.29, 0.717) is 25.6 Å². The van der Waals surface area contributed by atoms with Crippen LogP contribution in [0.25, 0.3) is 6.08 Å². The third-order valence-electron chi connectivity index (χ3n) is 5.12. The number of halogens is 1. The van der Waals surface area contributed by atoms with Gasteiger partial charge < -0.3 is 4.74 Å². The molecular formula is C24H21ClN2O3S2. The summed E-state index contributed by atoms with van der Waals surface area (Å²) in [4.78, 5) is 32.6. The quantitative estimate of drug-likeness (QED) is 0.403. The molecule has 3 aromatic rings. The molecule has 32 heavy (non-hydrogen) atoms. The van der Waals surface area contributed by atoms with Crippen LogP contribution in [0.1, 0.15) is 31.0 Å². The van der Waals surface area contributed by atoms with E-state index in [2.05, 4.69) is 4.99 Å². The van der Waals surface area contributed by atoms with Gasteiger partial charge in [-0.1, -0.05) is 47.2 Å². The van der Waals surface area contributed by atoms with E-state index < -0.39 is 12.0 Å². The largest absolute Gasteiger partial charge is 0.463 e. The molecule has 1 aromatic heterocycles. The highest BCUT2D eigenvalue weighted by atomic mass is 35.5. The van der Waals surface area contributed by atoms with Gasteiger partial charge in [-0.15, -0.1) is 11.8 Å². The van der Waals surface area contributed by atoms with Crippen LogP contribution in [-0.4, -0.2) is 23.4 Å². The van der Waals surface area contributed by atoms with Gasteiger partial charge in [0.1, 0.15) is 0 Å². The van der Waals surface area contributed by atoms with Crippen molar-refractivity contribution in [3.63, 3.8) is 0 Å². The first-order chi connectivity index (χ1) is 15.4. The summed E-state index contributed by atoms with van der Waals surface area (Å²) in [6, 6.07) is 14.5. The van der Waals surface area contributed by atoms with E-state index in [1.165, 1.54) is 11.3 Å². The van der Waals surface area contributed by atoms with E-state index in [1.807, 2.05) is 48.7 Å². The molecule has 1 unspecified atom stereocenters. The number of nitrogens with zero attached hydrogens (tertiary/aromatic N) is 2. The van der Waals surface area contributed by atoms with Crippen LogP contribution in [0, 0.1) is 0 Å². The summed E-state index contributed by atoms with van der Waals surface area (Å²) in [6.45, 7) is 3.79. The Morgan fingerprint density at radius 1 is 1.22 bits per heavy atom. The molecule has 0 N–H and O–H groups in total. The van der Waals surface area contributed by atoms with Crippen molar-refractivity contribution in [1.82, 2.24) is 4.57 Å². The van der Waals surface area contributed by atoms with Crippen LogP contribution >= 0.6 is 34.7 Å². The molecule has 0 saturated carbocycles. The van der Waals surface area contributed by atoms with Crippen LogP contribution in [0.2, 0.25) is 5.02 Å². The molecule has 2 heterocycles. The Morgan fingerprint density at radius 2 is 1.91 bits per heavy atom. The minimum absolute atomic E-state index is 0.197. The molecule has 164 valence electrons. The highest BCUT2D eigenvalue weighted by Gasteiger charge is 2.33. The van der Waals surface area contributed by atoms with Crippen molar-refractivity contribution in [2.45, 2.75) is 24.8 Å². The number of ether oxygens (including phenoxy) is 1. The molecule has 1 aliphatic heterocycles. The number of hydrogen-bond acceptors (Lipinski definition) is 6. The zero-order chi connectivity index (χ0) is 22.8. The summed E-state index contributed by atoms with van der Waals surface area (Å²) in [5.41, 5.74) is 2.44. The third kappa shape index (κ3) is 4.33. The van der Waals surface area contributed by atoms with Gasteiger partial charge in [0.25, 0.3) is 5.56 Å². The van der Waals surface area contributed by atoms with Crippen molar-refractivity contribution < 1.29 is 9.53 Å². The van der Waals surface area contributed by atoms with Crippen LogP contribution in [0.15, 0.2) is 74.5 Å². The number of rotatable bonds is 5. The predicted molar refractivity (Wildman–Crippen MR) is 130 cm³/mol. The maximum atomic E-state index is 13.5. The molecule has 0 radical (unpaired) electrons. The summed E-state index contributed by atoms with van der Waals surface area (Å²) in [5.74, 6) is -0.459. The molecule has 1 atom stereocenters. The van der Waals surface area contributed by atoms with Gasteiger partial charge in [0, 0.05) is 9.92 Å². The first-order valence-electron chi connectivity index (χ1n) is 10.0. The Kier molecular flexibility index (Phi) is 6.69. The topological polar surface area (TPSA) is 60.7 Å². The van der Waals surface area contributed by atoms with Gasteiger partial charge >= 0.3 is 5.97 Å². The second-order valence-corrected chi connectivity index (χ2v) is 9.45. The zero-order valence-electron chi connectivity index (χ0n) is 17.8. The van der Waals surface area contributed by atoms with E-state index >= 15 is 0 Å². The molecule has 5 nitrogen and oxygen atoms in total. The van der Waals surface area contributed by atoms with Crippen molar-refractivity contribution in [2.24, 2.45) is 4.99 Å². The SMILES string of the molecule is CCOC(=O)C1=C(C)N=c2s/c(=C/c3ccc(Cl)cc3)c(=O)n2C1c1ccc(SC)cc1. The standard InChI is InChI=1S/C24H21ClN2O3S2/c1-4-30-23(29)20-14(2)26-24-27(21(20)16-7-11-18(31-3)12-8-16)22(28)19(32-24)13-15-5-9-17(25)10-6-15/h5-13,21H,4H2,1-3H3/b19-13+. The van der Waals surface area contributed by atoms with Crippen molar-refractivity contribution in [1.29, 1.82) is 0 Å². The van der Waals surface area contributed by atoms with Crippen LogP contribution in [-0.2, 0) is 9.53 Å². The molecule has 1 aliphatic rings. The first kappa shape index (κ1) is 22.6. The maximum Gasteiger partial charge on any atom is 0.338 e. The maximum absolute atomic E-state index is 13.5. The number of aromatic nitrogens is 1. The molecule has 0 saturated heterocycles. The second kappa shape index (κ2) is 9.48. The molecule has 0 aliphatic carbocycles. The molecule has 8 heteroatoms. The number of carbonyl (C=O) groups is 1. The third-order valence-corrected chi connectivity index (χ3v) is 7.09. The normalized spacial score (nSPS) is 16.0. The second-order valence-electron chi connectivity index (χ2n) is 7.13. The van der Waals surface area contributed by atoms with Gasteiger partial charge in [-0.2, -0.15) is 0 Å². The fourth-order valence-electron chi connectivity index (χ4n) is 3.60. The Labute approximate surface area is 198 Å². The Hall–Kier alpha value is -2.61. The van der Waals surface area contributed by atoms with E-state index in [4.69, 9.17) is 16.3 Å². The van der Waals surface area contributed by atoms with Gasteiger partial charge in [0.15, 0.2) is 4.80 Å². The molecule has 0 bridgehead atoms. The van der Waals surface area contributed by atoms with E-state index in [-0.39, 0.29) is 12.2 Å². The summed E-state index contributed by atoms with van der Waals surface area (Å²) in [7, 11) is 0. The lowest BCUT2D eigenvalue weighted by molar-refractivity contribution is -0.139. The van der Waals surface area contributed by atoms with E-state index in [9.17, 15) is 9.59 Å². The Morgan fingerprint density at radius 3 is 2.53 bits per heavy atom. The van der Waals surface area contributed by atoms with E-state index in [0.717, 1.165) is 16.0 Å². The number of thiazole rings is 1. The van der Waals surface area contributed by atoms with Gasteiger partial charge in [-0.25, -0.2) is 9.79 Å². The summed E-state index contributed by atoms with van der Waals surface area (Å²) >= 11 is 8.92. The molecule has 0 amide bonds. The number of benzene rings is 2. The summed E-state index contributed by atoms with van der Waals surface area (Å²) in [5, 5.41) is 0.631. The highest BCUT2D eigenvalue weighted by molar-refractivity contribution is 7.98. The van der Waals surface area contributed by atoms with Crippen molar-refractivity contribution in [3.05, 3.63) is 95.6 Å². The molecule has 0 fully saturated rings. The fourth-order valence-corrected chi connectivity index (χ4v) is 5.18. The highest BCUT2D eigenvalue weighted by Crippen LogP contribution is 2.31.